The molecule has 0 saturated heterocycles. The molecule has 0 bridgehead atoms. The van der Waals surface area contributed by atoms with Crippen LogP contribution in [0.15, 0.2) is 121 Å². The van der Waals surface area contributed by atoms with E-state index in [1.165, 1.54) is 0 Å². The first-order valence-electron chi connectivity index (χ1n) is 16.7. The van der Waals surface area contributed by atoms with Gasteiger partial charge in [0.1, 0.15) is 18.7 Å². The number of rotatable bonds is 8. The molecular weight excluding hydrogens is 797 g/mol. The van der Waals surface area contributed by atoms with E-state index in [4.69, 9.17) is 0 Å². The monoisotopic (exact) mass is 831 g/mol. The van der Waals surface area contributed by atoms with Crippen molar-refractivity contribution < 1.29 is 61.7 Å². The summed E-state index contributed by atoms with van der Waals surface area (Å²) in [5.41, 5.74) is -2.62. The number of hydrogen-bond donors (Lipinski definition) is 0. The van der Waals surface area contributed by atoms with E-state index < -0.39 is 63.0 Å². The lowest BCUT2D eigenvalue weighted by atomic mass is 9.13. The van der Waals surface area contributed by atoms with Crippen LogP contribution < -0.4 is 26.8 Å². The van der Waals surface area contributed by atoms with Gasteiger partial charge in [-0.25, -0.2) is 0 Å². The Bertz CT molecular complexity index is 1940. The highest BCUT2D eigenvalue weighted by Gasteiger charge is 2.38. The second-order valence-corrected chi connectivity index (χ2v) is 17.0. The van der Waals surface area contributed by atoms with Crippen molar-refractivity contribution in [3.63, 3.8) is 0 Å². The molecule has 0 aromatic heterocycles. The smallest absolute Gasteiger partial charge is 0.378 e. The predicted molar refractivity (Wildman–Crippen MR) is 200 cm³/mol. The SMILES string of the molecule is CN(C)c1ccc(C(=O)C[S+](C)(C)=O)cc1.FC(F)(F)c1ccc([B-](c2ccc(C(F)(F)F)cc2)(c2ccc(C(F)(F)F)cc2)c2ccc(C(F)(F)F)cc2)cc1. The summed E-state index contributed by atoms with van der Waals surface area (Å²) >= 11 is 0. The second kappa shape index (κ2) is 16.4. The molecule has 0 aliphatic rings. The van der Waals surface area contributed by atoms with Crippen LogP contribution in [0, 0.1) is 0 Å². The van der Waals surface area contributed by atoms with Crippen LogP contribution in [0.4, 0.5) is 58.4 Å². The van der Waals surface area contributed by atoms with Crippen LogP contribution in [-0.4, -0.2) is 44.3 Å². The van der Waals surface area contributed by atoms with Gasteiger partial charge < -0.3 is 4.90 Å². The van der Waals surface area contributed by atoms with Crippen LogP contribution >= 0.6 is 0 Å². The summed E-state index contributed by atoms with van der Waals surface area (Å²) in [6, 6.07) is 20.9. The van der Waals surface area contributed by atoms with Crippen molar-refractivity contribution in [1.29, 1.82) is 0 Å². The lowest BCUT2D eigenvalue weighted by molar-refractivity contribution is -0.138. The fourth-order valence-corrected chi connectivity index (χ4v) is 7.14. The molecule has 0 N–H and O–H groups in total. The lowest BCUT2D eigenvalue weighted by Crippen LogP contribution is -2.74. The van der Waals surface area contributed by atoms with Crippen molar-refractivity contribution in [2.45, 2.75) is 24.7 Å². The highest BCUT2D eigenvalue weighted by atomic mass is 32.2. The predicted octanol–water partition coefficient (Wildman–Crippen LogP) is 8.83. The molecule has 0 atom stereocenters. The fourth-order valence-electron chi connectivity index (χ4n) is 6.34. The number of halogens is 12. The topological polar surface area (TPSA) is 37.4 Å². The Morgan fingerprint density at radius 2 is 0.719 bits per heavy atom. The molecule has 57 heavy (non-hydrogen) atoms. The Kier molecular flexibility index (Phi) is 12.9. The summed E-state index contributed by atoms with van der Waals surface area (Å²) in [4.78, 5) is 13.7. The lowest BCUT2D eigenvalue weighted by Gasteiger charge is -2.44. The van der Waals surface area contributed by atoms with Crippen molar-refractivity contribution in [3.05, 3.63) is 149 Å². The number of nitrogens with zero attached hydrogens (tertiary/aromatic N) is 1. The molecule has 0 aliphatic carbocycles. The molecule has 5 aromatic rings. The van der Waals surface area contributed by atoms with E-state index in [0.717, 1.165) is 54.2 Å². The van der Waals surface area contributed by atoms with Gasteiger partial charge in [-0.05, 0) is 24.3 Å². The molecule has 0 spiro atoms. The molecule has 0 amide bonds. The van der Waals surface area contributed by atoms with E-state index in [-0.39, 0.29) is 33.4 Å². The van der Waals surface area contributed by atoms with E-state index in [0.29, 0.717) is 54.1 Å². The zero-order valence-corrected chi connectivity index (χ0v) is 31.4. The highest BCUT2D eigenvalue weighted by molar-refractivity contribution is 8.02. The van der Waals surface area contributed by atoms with Crippen molar-refractivity contribution in [2.75, 3.05) is 37.3 Å². The maximum atomic E-state index is 13.3. The summed E-state index contributed by atoms with van der Waals surface area (Å²) in [6.07, 6.45) is -18.8. The van der Waals surface area contributed by atoms with E-state index >= 15 is 0 Å². The summed E-state index contributed by atoms with van der Waals surface area (Å²) < 4.78 is 172. The molecule has 17 heteroatoms. The van der Waals surface area contributed by atoms with Crippen LogP contribution in [0.5, 0.6) is 0 Å². The Hall–Kier alpha value is -5.06. The van der Waals surface area contributed by atoms with Gasteiger partial charge in [0.2, 0.25) is 5.78 Å². The van der Waals surface area contributed by atoms with Crippen molar-refractivity contribution in [1.82, 2.24) is 0 Å². The minimum absolute atomic E-state index is 0.0114. The summed E-state index contributed by atoms with van der Waals surface area (Å²) in [5, 5.41) is 0. The van der Waals surface area contributed by atoms with Crippen LogP contribution in [0.3, 0.4) is 0 Å². The van der Waals surface area contributed by atoms with Gasteiger partial charge in [0.25, 0.3) is 0 Å². The first-order valence-corrected chi connectivity index (χ1v) is 19.3. The molecule has 0 fully saturated rings. The minimum atomic E-state index is -4.77. The van der Waals surface area contributed by atoms with Gasteiger partial charge in [0.05, 0.1) is 32.2 Å². The van der Waals surface area contributed by atoms with Crippen molar-refractivity contribution in [3.8, 4) is 0 Å². The van der Waals surface area contributed by atoms with Gasteiger partial charge in [-0.2, -0.15) is 74.5 Å². The Morgan fingerprint density at radius 3 is 0.912 bits per heavy atom. The quantitative estimate of drug-likeness (QED) is 0.0680. The molecule has 0 radical (unpaired) electrons. The molecule has 0 saturated carbocycles. The molecule has 304 valence electrons. The standard InChI is InChI=1S/C28H16BF12.C12H18NO2S/c30-25(31,32)17-1-9-21(10-2-17)29(22-11-3-18(4-12-22)26(33,34)35,23-13-5-19(6-14-23)27(36,37)38)24-15-7-20(8-16-24)28(39,40)41;1-13(2)11-7-5-10(6-8-11)12(14)9-16(3,4)15/h1-16H;5-8H,9H2,1-4H3/q-1;+1. The summed E-state index contributed by atoms with van der Waals surface area (Å²) in [5.74, 6) is 0.0641. The Morgan fingerprint density at radius 1 is 0.474 bits per heavy atom. The zero-order valence-electron chi connectivity index (χ0n) is 30.5. The molecular formula is C40H34BF12NO2S. The zero-order chi connectivity index (χ0) is 42.8. The first-order chi connectivity index (χ1) is 26.1. The van der Waals surface area contributed by atoms with Crippen molar-refractivity contribution in [2.24, 2.45) is 0 Å². The summed E-state index contributed by atoms with van der Waals surface area (Å²) in [7, 11) is 1.88. The average molecular weight is 832 g/mol. The van der Waals surface area contributed by atoms with E-state index in [2.05, 4.69) is 0 Å². The molecule has 0 unspecified atom stereocenters. The van der Waals surface area contributed by atoms with Gasteiger partial charge in [0, 0.05) is 25.3 Å². The van der Waals surface area contributed by atoms with Crippen LogP contribution in [0.2, 0.25) is 0 Å². The number of carbonyl (C=O) groups is 1. The molecule has 5 aromatic carbocycles. The van der Waals surface area contributed by atoms with Gasteiger partial charge in [-0.15, -0.1) is 4.21 Å². The van der Waals surface area contributed by atoms with Crippen LogP contribution in [0.25, 0.3) is 0 Å². The van der Waals surface area contributed by atoms with Gasteiger partial charge in [-0.3, -0.25) is 4.79 Å². The third-order valence-corrected chi connectivity index (χ3v) is 10.1. The number of anilines is 1. The van der Waals surface area contributed by atoms with Crippen LogP contribution in [0.1, 0.15) is 32.6 Å². The maximum absolute atomic E-state index is 13.3. The number of alkyl halides is 12. The minimum Gasteiger partial charge on any atom is -0.378 e. The molecule has 3 nitrogen and oxygen atoms in total. The average Bonchev–Trinajstić information content (AvgIpc) is 3.11. The molecule has 0 heterocycles. The number of benzene rings is 5. The van der Waals surface area contributed by atoms with Gasteiger partial charge in [-0.1, -0.05) is 97.1 Å². The summed E-state index contributed by atoms with van der Waals surface area (Å²) in [6.45, 7) is 0. The second-order valence-electron chi connectivity index (χ2n) is 13.8. The Labute approximate surface area is 321 Å². The maximum Gasteiger partial charge on any atom is 0.416 e. The molecule has 0 aliphatic heterocycles. The van der Waals surface area contributed by atoms with E-state index in [9.17, 15) is 61.7 Å². The van der Waals surface area contributed by atoms with Crippen molar-refractivity contribution >= 4 is 49.4 Å². The first kappa shape index (κ1) is 44.7. The molecule has 5 rings (SSSR count). The van der Waals surface area contributed by atoms with E-state index in [1.807, 2.05) is 31.1 Å². The van der Waals surface area contributed by atoms with Gasteiger partial charge in [0.15, 0.2) is 5.75 Å². The van der Waals surface area contributed by atoms with E-state index in [1.54, 1.807) is 24.6 Å². The number of Topliss-reactive ketones (excluding diaryl/α,β-unsaturated/α-hetero) is 1. The third-order valence-electron chi connectivity index (χ3n) is 9.14. The Balaban J connectivity index is 0.000000377. The number of hydrogen-bond acceptors (Lipinski definition) is 3. The largest absolute Gasteiger partial charge is 0.416 e. The number of ketones is 1. The highest BCUT2D eigenvalue weighted by Crippen LogP contribution is 2.32. The van der Waals surface area contributed by atoms with Crippen LogP contribution in [-0.2, 0) is 38.8 Å². The third kappa shape index (κ3) is 10.9. The number of carbonyl (C=O) groups excluding carboxylic acids is 1. The fraction of sp³-hybridized carbons (Fsp3) is 0.225. The normalized spacial score (nSPS) is 12.8. The van der Waals surface area contributed by atoms with Gasteiger partial charge >= 0.3 is 24.7 Å².